The summed E-state index contributed by atoms with van der Waals surface area (Å²) in [5.74, 6) is 0.869. The van der Waals surface area contributed by atoms with Crippen molar-refractivity contribution in [1.29, 1.82) is 0 Å². The smallest absolute Gasteiger partial charge is 0.167 e. The van der Waals surface area contributed by atoms with Crippen molar-refractivity contribution in [1.82, 2.24) is 10.5 Å². The van der Waals surface area contributed by atoms with Crippen molar-refractivity contribution in [3.63, 3.8) is 0 Å². The van der Waals surface area contributed by atoms with Gasteiger partial charge in [0.15, 0.2) is 5.76 Å². The second kappa shape index (κ2) is 6.23. The molecule has 2 heterocycles. The SMILES string of the molecule is CCc1ccc(-c2cc(C3CCCCCN3)no2)cc1. The van der Waals surface area contributed by atoms with E-state index < -0.39 is 0 Å². The van der Waals surface area contributed by atoms with Gasteiger partial charge in [-0.2, -0.15) is 0 Å². The third-order valence-corrected chi connectivity index (χ3v) is 4.09. The quantitative estimate of drug-likeness (QED) is 0.912. The van der Waals surface area contributed by atoms with Gasteiger partial charge in [-0.3, -0.25) is 0 Å². The molecule has 1 fully saturated rings. The van der Waals surface area contributed by atoms with Gasteiger partial charge < -0.3 is 9.84 Å². The van der Waals surface area contributed by atoms with Gasteiger partial charge >= 0.3 is 0 Å². The van der Waals surface area contributed by atoms with Crippen molar-refractivity contribution in [3.8, 4) is 11.3 Å². The molecule has 1 unspecified atom stereocenters. The number of nitrogens with zero attached hydrogens (tertiary/aromatic N) is 1. The summed E-state index contributed by atoms with van der Waals surface area (Å²) in [6, 6.07) is 11.0. The molecule has 1 aliphatic rings. The predicted octanol–water partition coefficient (Wildman–Crippen LogP) is 4.11. The molecule has 3 rings (SSSR count). The maximum absolute atomic E-state index is 5.53. The molecule has 2 aromatic rings. The minimum atomic E-state index is 0.352. The van der Waals surface area contributed by atoms with E-state index in [9.17, 15) is 0 Å². The first-order chi connectivity index (χ1) is 9.86. The molecule has 3 heteroatoms. The highest BCUT2D eigenvalue weighted by molar-refractivity contribution is 5.57. The van der Waals surface area contributed by atoms with Crippen molar-refractivity contribution in [3.05, 3.63) is 41.6 Å². The summed E-state index contributed by atoms with van der Waals surface area (Å²) in [7, 11) is 0. The van der Waals surface area contributed by atoms with E-state index in [1.54, 1.807) is 0 Å². The predicted molar refractivity (Wildman–Crippen MR) is 80.5 cm³/mol. The molecule has 0 spiro atoms. The van der Waals surface area contributed by atoms with Crippen LogP contribution in [0.5, 0.6) is 0 Å². The normalized spacial score (nSPS) is 19.8. The van der Waals surface area contributed by atoms with Crippen LogP contribution in [0.2, 0.25) is 0 Å². The fourth-order valence-electron chi connectivity index (χ4n) is 2.77. The Bertz CT molecular complexity index is 536. The number of aryl methyl sites for hydroxylation is 1. The summed E-state index contributed by atoms with van der Waals surface area (Å²) in [4.78, 5) is 0. The second-order valence-corrected chi connectivity index (χ2v) is 5.52. The zero-order valence-corrected chi connectivity index (χ0v) is 12.1. The standard InChI is InChI=1S/C17H22N2O/c1-2-13-7-9-14(10-8-13)17-12-16(19-20-17)15-6-4-3-5-11-18-15/h7-10,12,15,18H,2-6,11H2,1H3. The first kappa shape index (κ1) is 13.4. The molecule has 106 valence electrons. The fraction of sp³-hybridized carbons (Fsp3) is 0.471. The Hall–Kier alpha value is -1.61. The summed E-state index contributed by atoms with van der Waals surface area (Å²) >= 11 is 0. The minimum absolute atomic E-state index is 0.352. The van der Waals surface area contributed by atoms with E-state index >= 15 is 0 Å². The second-order valence-electron chi connectivity index (χ2n) is 5.52. The molecule has 1 N–H and O–H groups in total. The topological polar surface area (TPSA) is 38.1 Å². The minimum Gasteiger partial charge on any atom is -0.356 e. The van der Waals surface area contributed by atoms with Gasteiger partial charge in [0, 0.05) is 11.6 Å². The van der Waals surface area contributed by atoms with E-state index in [0.717, 1.165) is 36.4 Å². The van der Waals surface area contributed by atoms with E-state index in [4.69, 9.17) is 4.52 Å². The van der Waals surface area contributed by atoms with Crippen LogP contribution in [-0.4, -0.2) is 11.7 Å². The number of nitrogens with one attached hydrogen (secondary N) is 1. The Kier molecular flexibility index (Phi) is 4.16. The molecule has 0 bridgehead atoms. The van der Waals surface area contributed by atoms with Crippen molar-refractivity contribution in [2.75, 3.05) is 6.54 Å². The third-order valence-electron chi connectivity index (χ3n) is 4.09. The van der Waals surface area contributed by atoms with E-state index in [0.29, 0.717) is 6.04 Å². The lowest BCUT2D eigenvalue weighted by atomic mass is 10.1. The Morgan fingerprint density at radius 3 is 2.85 bits per heavy atom. The summed E-state index contributed by atoms with van der Waals surface area (Å²) in [6.45, 7) is 3.25. The lowest BCUT2D eigenvalue weighted by Gasteiger charge is -2.11. The van der Waals surface area contributed by atoms with Gasteiger partial charge in [-0.25, -0.2) is 0 Å². The number of benzene rings is 1. The molecule has 0 saturated carbocycles. The van der Waals surface area contributed by atoms with Crippen LogP contribution in [0, 0.1) is 0 Å². The van der Waals surface area contributed by atoms with Crippen molar-refractivity contribution >= 4 is 0 Å². The van der Waals surface area contributed by atoms with Crippen LogP contribution in [0.1, 0.15) is 49.9 Å². The Labute approximate surface area is 120 Å². The third kappa shape index (κ3) is 2.93. The van der Waals surface area contributed by atoms with Gasteiger partial charge in [0.2, 0.25) is 0 Å². The van der Waals surface area contributed by atoms with Gasteiger partial charge in [0.05, 0.1) is 6.04 Å². The van der Waals surface area contributed by atoms with E-state index in [1.165, 1.54) is 24.8 Å². The Morgan fingerprint density at radius 2 is 2.05 bits per heavy atom. The summed E-state index contributed by atoms with van der Waals surface area (Å²) in [5, 5.41) is 7.82. The first-order valence-corrected chi connectivity index (χ1v) is 7.66. The van der Waals surface area contributed by atoms with Crippen LogP contribution in [0.25, 0.3) is 11.3 Å². The highest BCUT2D eigenvalue weighted by Gasteiger charge is 2.18. The van der Waals surface area contributed by atoms with E-state index in [-0.39, 0.29) is 0 Å². The van der Waals surface area contributed by atoms with Crippen LogP contribution < -0.4 is 5.32 Å². The average molecular weight is 270 g/mol. The molecule has 1 aromatic heterocycles. The lowest BCUT2D eigenvalue weighted by molar-refractivity contribution is 0.402. The van der Waals surface area contributed by atoms with E-state index in [2.05, 4.69) is 47.7 Å². The maximum atomic E-state index is 5.53. The van der Waals surface area contributed by atoms with Crippen LogP contribution in [0.4, 0.5) is 0 Å². The zero-order chi connectivity index (χ0) is 13.8. The molecule has 1 aromatic carbocycles. The highest BCUT2D eigenvalue weighted by Crippen LogP contribution is 2.27. The monoisotopic (exact) mass is 270 g/mol. The molecular weight excluding hydrogens is 248 g/mol. The highest BCUT2D eigenvalue weighted by atomic mass is 16.5. The zero-order valence-electron chi connectivity index (χ0n) is 12.1. The van der Waals surface area contributed by atoms with Crippen LogP contribution in [-0.2, 0) is 6.42 Å². The summed E-state index contributed by atoms with van der Waals surface area (Å²) in [6.07, 6.45) is 6.06. The maximum Gasteiger partial charge on any atom is 0.167 e. The van der Waals surface area contributed by atoms with Crippen LogP contribution in [0.15, 0.2) is 34.9 Å². The van der Waals surface area contributed by atoms with Gasteiger partial charge in [0.1, 0.15) is 5.69 Å². The van der Waals surface area contributed by atoms with Gasteiger partial charge in [-0.15, -0.1) is 0 Å². The largest absolute Gasteiger partial charge is 0.356 e. The fourth-order valence-corrected chi connectivity index (χ4v) is 2.77. The first-order valence-electron chi connectivity index (χ1n) is 7.66. The lowest BCUT2D eigenvalue weighted by Crippen LogP contribution is -2.20. The molecule has 20 heavy (non-hydrogen) atoms. The average Bonchev–Trinajstić information content (AvgIpc) is 2.83. The molecule has 1 saturated heterocycles. The summed E-state index contributed by atoms with van der Waals surface area (Å²) in [5.41, 5.74) is 3.50. The van der Waals surface area contributed by atoms with Gasteiger partial charge in [-0.1, -0.05) is 49.2 Å². The molecule has 0 amide bonds. The molecular formula is C17H22N2O. The molecule has 3 nitrogen and oxygen atoms in total. The molecule has 1 aliphatic heterocycles. The van der Waals surface area contributed by atoms with Crippen molar-refractivity contribution in [2.45, 2.75) is 45.1 Å². The van der Waals surface area contributed by atoms with E-state index in [1.807, 2.05) is 0 Å². The Morgan fingerprint density at radius 1 is 1.20 bits per heavy atom. The van der Waals surface area contributed by atoms with Crippen LogP contribution in [0.3, 0.4) is 0 Å². The Balaban J connectivity index is 1.78. The molecule has 0 aliphatic carbocycles. The molecule has 0 radical (unpaired) electrons. The van der Waals surface area contributed by atoms with Crippen LogP contribution >= 0.6 is 0 Å². The number of hydrogen-bond donors (Lipinski definition) is 1. The van der Waals surface area contributed by atoms with Crippen molar-refractivity contribution < 1.29 is 4.52 Å². The van der Waals surface area contributed by atoms with Gasteiger partial charge in [0.25, 0.3) is 0 Å². The summed E-state index contributed by atoms with van der Waals surface area (Å²) < 4.78 is 5.53. The number of rotatable bonds is 3. The molecule has 1 atom stereocenters. The van der Waals surface area contributed by atoms with Crippen molar-refractivity contribution in [2.24, 2.45) is 0 Å². The van der Waals surface area contributed by atoms with Gasteiger partial charge in [-0.05, 0) is 31.4 Å². The number of hydrogen-bond acceptors (Lipinski definition) is 3. The number of aromatic nitrogens is 1.